The summed E-state index contributed by atoms with van der Waals surface area (Å²) in [5.74, 6) is 1.82. The van der Waals surface area contributed by atoms with Gasteiger partial charge in [-0.1, -0.05) is 6.07 Å². The van der Waals surface area contributed by atoms with Crippen molar-refractivity contribution in [3.63, 3.8) is 0 Å². The minimum atomic E-state index is 0.291. The molecule has 4 nitrogen and oxygen atoms in total. The lowest BCUT2D eigenvalue weighted by Crippen LogP contribution is -2.45. The lowest BCUT2D eigenvalue weighted by Gasteiger charge is -2.35. The number of nitrogens with one attached hydrogen (secondary N) is 1. The first-order valence-corrected chi connectivity index (χ1v) is 5.59. The van der Waals surface area contributed by atoms with E-state index in [1.54, 1.807) is 6.33 Å². The summed E-state index contributed by atoms with van der Waals surface area (Å²) < 4.78 is 5.99. The van der Waals surface area contributed by atoms with E-state index in [-0.39, 0.29) is 0 Å². The molecule has 1 fully saturated rings. The van der Waals surface area contributed by atoms with E-state index in [4.69, 9.17) is 4.74 Å². The smallest absolute Gasteiger partial charge is 0.141 e. The third-order valence-electron chi connectivity index (χ3n) is 3.44. The van der Waals surface area contributed by atoms with E-state index < -0.39 is 0 Å². The molecule has 0 bridgehead atoms. The van der Waals surface area contributed by atoms with Crippen LogP contribution in [0.1, 0.15) is 12.8 Å². The number of hydrogen-bond donors (Lipinski definition) is 1. The molecule has 2 aromatic rings. The molecule has 0 saturated heterocycles. The largest absolute Gasteiger partial charge is 0.487 e. The molecule has 0 radical (unpaired) electrons. The molecule has 2 heterocycles. The molecular weight excluding hydrogens is 202 g/mol. The van der Waals surface area contributed by atoms with Crippen molar-refractivity contribution in [3.8, 4) is 5.75 Å². The average molecular weight is 213 g/mol. The van der Waals surface area contributed by atoms with Gasteiger partial charge in [0.05, 0.1) is 16.9 Å². The Bertz CT molecular complexity index is 522. The average Bonchev–Trinajstić information content (AvgIpc) is 2.40. The normalized spacial score (nSPS) is 26.0. The van der Waals surface area contributed by atoms with Crippen LogP contribution in [0.4, 0.5) is 5.82 Å². The van der Waals surface area contributed by atoms with Gasteiger partial charge in [0.1, 0.15) is 24.0 Å². The monoisotopic (exact) mass is 213 g/mol. The molecule has 1 N–H and O–H groups in total. The van der Waals surface area contributed by atoms with Crippen molar-refractivity contribution in [3.05, 3.63) is 24.5 Å². The second kappa shape index (κ2) is 2.84. The van der Waals surface area contributed by atoms with Crippen molar-refractivity contribution >= 4 is 16.7 Å². The second-order valence-electron chi connectivity index (χ2n) is 4.36. The summed E-state index contributed by atoms with van der Waals surface area (Å²) >= 11 is 0. The molecule has 1 aliphatic heterocycles. The van der Waals surface area contributed by atoms with Gasteiger partial charge in [0, 0.05) is 0 Å². The van der Waals surface area contributed by atoms with Crippen LogP contribution in [0.5, 0.6) is 5.75 Å². The zero-order chi connectivity index (χ0) is 10.5. The molecule has 2 atom stereocenters. The standard InChI is InChI=1S/C12H11N3O/c1-2-8-11-10(3-1)16-9-5-4-7(9)15-12(11)14-6-13-8/h1-3,6-7,9H,4-5H2,(H,13,14,15). The van der Waals surface area contributed by atoms with Crippen molar-refractivity contribution < 1.29 is 4.74 Å². The molecule has 2 unspecified atom stereocenters. The number of ether oxygens (including phenoxy) is 1. The van der Waals surface area contributed by atoms with E-state index in [0.717, 1.165) is 35.3 Å². The highest BCUT2D eigenvalue weighted by Gasteiger charge is 2.36. The summed E-state index contributed by atoms with van der Waals surface area (Å²) in [4.78, 5) is 8.58. The second-order valence-corrected chi connectivity index (χ2v) is 4.36. The minimum Gasteiger partial charge on any atom is -0.487 e. The topological polar surface area (TPSA) is 47.0 Å². The third kappa shape index (κ3) is 0.988. The number of nitrogens with zero attached hydrogens (tertiary/aromatic N) is 2. The summed E-state index contributed by atoms with van der Waals surface area (Å²) in [6.07, 6.45) is 4.17. The number of benzene rings is 1. The van der Waals surface area contributed by atoms with Gasteiger partial charge in [-0.15, -0.1) is 0 Å². The van der Waals surface area contributed by atoms with Gasteiger partial charge in [0.25, 0.3) is 0 Å². The fraction of sp³-hybridized carbons (Fsp3) is 0.333. The number of aromatic nitrogens is 2. The molecule has 1 aromatic heterocycles. The zero-order valence-corrected chi connectivity index (χ0v) is 8.68. The highest BCUT2D eigenvalue weighted by molar-refractivity contribution is 5.94. The van der Waals surface area contributed by atoms with Crippen molar-refractivity contribution in [2.75, 3.05) is 5.32 Å². The first-order chi connectivity index (χ1) is 7.92. The summed E-state index contributed by atoms with van der Waals surface area (Å²) in [5, 5.41) is 4.46. The predicted molar refractivity (Wildman–Crippen MR) is 60.6 cm³/mol. The van der Waals surface area contributed by atoms with Crippen LogP contribution in [-0.2, 0) is 0 Å². The number of rotatable bonds is 0. The lowest BCUT2D eigenvalue weighted by molar-refractivity contribution is 0.107. The van der Waals surface area contributed by atoms with E-state index >= 15 is 0 Å². The van der Waals surface area contributed by atoms with Crippen molar-refractivity contribution in [2.45, 2.75) is 25.0 Å². The summed E-state index contributed by atoms with van der Waals surface area (Å²) in [7, 11) is 0. The van der Waals surface area contributed by atoms with E-state index in [1.807, 2.05) is 18.2 Å². The van der Waals surface area contributed by atoms with E-state index in [1.165, 1.54) is 0 Å². The maximum Gasteiger partial charge on any atom is 0.141 e. The highest BCUT2D eigenvalue weighted by atomic mass is 16.5. The first-order valence-electron chi connectivity index (χ1n) is 5.59. The molecule has 16 heavy (non-hydrogen) atoms. The third-order valence-corrected chi connectivity index (χ3v) is 3.44. The Balaban J connectivity index is 2.02. The Morgan fingerprint density at radius 1 is 1.25 bits per heavy atom. The van der Waals surface area contributed by atoms with Crippen LogP contribution < -0.4 is 10.1 Å². The number of anilines is 1. The summed E-state index contributed by atoms with van der Waals surface area (Å²) in [6, 6.07) is 6.37. The Kier molecular flexibility index (Phi) is 1.48. The molecule has 1 aliphatic carbocycles. The molecule has 2 aliphatic rings. The van der Waals surface area contributed by atoms with Crippen LogP contribution in [0.2, 0.25) is 0 Å². The maximum absolute atomic E-state index is 5.99. The van der Waals surface area contributed by atoms with Gasteiger partial charge in [-0.3, -0.25) is 0 Å². The van der Waals surface area contributed by atoms with Gasteiger partial charge in [-0.05, 0) is 25.0 Å². The van der Waals surface area contributed by atoms with Gasteiger partial charge in [0.15, 0.2) is 0 Å². The van der Waals surface area contributed by atoms with Crippen LogP contribution in [-0.4, -0.2) is 22.1 Å². The quantitative estimate of drug-likeness (QED) is 0.726. The minimum absolute atomic E-state index is 0.291. The van der Waals surface area contributed by atoms with Crippen LogP contribution in [0, 0.1) is 0 Å². The molecule has 1 aromatic carbocycles. The van der Waals surface area contributed by atoms with Crippen LogP contribution >= 0.6 is 0 Å². The summed E-state index contributed by atoms with van der Waals surface area (Å²) in [5.41, 5.74) is 0.941. The molecule has 4 heteroatoms. The van der Waals surface area contributed by atoms with Crippen LogP contribution in [0.25, 0.3) is 10.9 Å². The van der Waals surface area contributed by atoms with E-state index in [2.05, 4.69) is 15.3 Å². The fourth-order valence-electron chi connectivity index (χ4n) is 2.40. The van der Waals surface area contributed by atoms with Crippen molar-refractivity contribution in [1.29, 1.82) is 0 Å². The predicted octanol–water partition coefficient (Wildman–Crippen LogP) is 1.97. The van der Waals surface area contributed by atoms with Gasteiger partial charge < -0.3 is 10.1 Å². The Morgan fingerprint density at radius 2 is 2.25 bits per heavy atom. The molecule has 0 amide bonds. The van der Waals surface area contributed by atoms with Gasteiger partial charge in [-0.2, -0.15) is 0 Å². The Hall–Kier alpha value is -1.84. The zero-order valence-electron chi connectivity index (χ0n) is 8.68. The molecule has 1 saturated carbocycles. The molecular formula is C12H11N3O. The van der Waals surface area contributed by atoms with Crippen LogP contribution in [0.15, 0.2) is 24.5 Å². The van der Waals surface area contributed by atoms with Gasteiger partial charge in [-0.25, -0.2) is 9.97 Å². The Labute approximate surface area is 92.7 Å². The summed E-state index contributed by atoms with van der Waals surface area (Å²) in [6.45, 7) is 0. The maximum atomic E-state index is 5.99. The van der Waals surface area contributed by atoms with E-state index in [9.17, 15) is 0 Å². The first kappa shape index (κ1) is 8.33. The highest BCUT2D eigenvalue weighted by Crippen LogP contribution is 2.38. The fourth-order valence-corrected chi connectivity index (χ4v) is 2.40. The van der Waals surface area contributed by atoms with Gasteiger partial charge >= 0.3 is 0 Å². The Morgan fingerprint density at radius 3 is 3.12 bits per heavy atom. The van der Waals surface area contributed by atoms with Crippen molar-refractivity contribution in [1.82, 2.24) is 9.97 Å². The van der Waals surface area contributed by atoms with Crippen molar-refractivity contribution in [2.24, 2.45) is 0 Å². The molecule has 4 rings (SSSR count). The lowest BCUT2D eigenvalue weighted by atomic mass is 9.89. The molecule has 0 spiro atoms. The van der Waals surface area contributed by atoms with E-state index in [0.29, 0.717) is 12.1 Å². The SMILES string of the molecule is c1cc2c3c(ncnc3c1)NC1CCC1O2. The molecule has 80 valence electrons. The van der Waals surface area contributed by atoms with Gasteiger partial charge in [0.2, 0.25) is 0 Å². The van der Waals surface area contributed by atoms with Crippen LogP contribution in [0.3, 0.4) is 0 Å². The number of fused-ring (bicyclic) bond motifs is 1. The number of hydrogen-bond acceptors (Lipinski definition) is 4.